The lowest BCUT2D eigenvalue weighted by Gasteiger charge is -2.22. The summed E-state index contributed by atoms with van der Waals surface area (Å²) in [6.07, 6.45) is 2.19. The highest BCUT2D eigenvalue weighted by Gasteiger charge is 2.09. The summed E-state index contributed by atoms with van der Waals surface area (Å²) in [6, 6.07) is 23.8. The Hall–Kier alpha value is -2.32. The van der Waals surface area contributed by atoms with E-state index in [-0.39, 0.29) is 0 Å². The van der Waals surface area contributed by atoms with Gasteiger partial charge in [-0.15, -0.1) is 0 Å². The fourth-order valence-electron chi connectivity index (χ4n) is 3.07. The second-order valence-corrected chi connectivity index (χ2v) is 6.34. The molecule has 0 aliphatic rings. The Balaban J connectivity index is 1.71. The first-order valence-corrected chi connectivity index (χ1v) is 8.71. The lowest BCUT2D eigenvalue weighted by molar-refractivity contribution is 0.264. The molecule has 0 bridgehead atoms. The third kappa shape index (κ3) is 4.15. The molecule has 2 heteroatoms. The minimum Gasteiger partial charge on any atom is -0.346 e. The van der Waals surface area contributed by atoms with Crippen molar-refractivity contribution in [2.24, 2.45) is 0 Å². The van der Waals surface area contributed by atoms with Crippen LogP contribution in [-0.4, -0.2) is 16.0 Å². The third-order valence-electron chi connectivity index (χ3n) is 4.61. The van der Waals surface area contributed by atoms with E-state index in [0.717, 1.165) is 26.2 Å². The van der Waals surface area contributed by atoms with Crippen LogP contribution in [0.25, 0.3) is 0 Å². The van der Waals surface area contributed by atoms with E-state index in [1.807, 2.05) is 0 Å². The van der Waals surface area contributed by atoms with Crippen LogP contribution in [-0.2, 0) is 19.6 Å². The van der Waals surface area contributed by atoms with Gasteiger partial charge < -0.3 is 4.57 Å². The summed E-state index contributed by atoms with van der Waals surface area (Å²) < 4.78 is 2.37. The number of aryl methyl sites for hydroxylation is 1. The van der Waals surface area contributed by atoms with Crippen LogP contribution in [0.3, 0.4) is 0 Å². The molecular weight excluding hydrogens is 292 g/mol. The smallest absolute Gasteiger partial charge is 0.0476 e. The summed E-state index contributed by atoms with van der Waals surface area (Å²) in [5.41, 5.74) is 5.49. The first-order valence-electron chi connectivity index (χ1n) is 8.71. The zero-order chi connectivity index (χ0) is 16.8. The van der Waals surface area contributed by atoms with Gasteiger partial charge >= 0.3 is 0 Å². The highest BCUT2D eigenvalue weighted by Crippen LogP contribution is 2.15. The monoisotopic (exact) mass is 318 g/mol. The summed E-state index contributed by atoms with van der Waals surface area (Å²) in [7, 11) is 0. The summed E-state index contributed by atoms with van der Waals surface area (Å²) in [6.45, 7) is 8.38. The van der Waals surface area contributed by atoms with Gasteiger partial charge in [0.15, 0.2) is 0 Å². The van der Waals surface area contributed by atoms with E-state index in [1.165, 1.54) is 22.4 Å². The van der Waals surface area contributed by atoms with Crippen molar-refractivity contribution in [1.82, 2.24) is 9.47 Å². The molecule has 0 fully saturated rings. The van der Waals surface area contributed by atoms with E-state index >= 15 is 0 Å². The molecule has 1 heterocycles. The quantitative estimate of drug-likeness (QED) is 0.603. The largest absolute Gasteiger partial charge is 0.346 e. The first kappa shape index (κ1) is 16.5. The van der Waals surface area contributed by atoms with Crippen molar-refractivity contribution in [3.05, 3.63) is 95.3 Å². The number of hydrogen-bond acceptors (Lipinski definition) is 1. The molecule has 2 nitrogen and oxygen atoms in total. The Morgan fingerprint density at radius 2 is 1.58 bits per heavy atom. The summed E-state index contributed by atoms with van der Waals surface area (Å²) >= 11 is 0. The Morgan fingerprint density at radius 1 is 0.833 bits per heavy atom. The molecule has 0 unspecified atom stereocenters. The van der Waals surface area contributed by atoms with Gasteiger partial charge in [-0.05, 0) is 42.3 Å². The maximum atomic E-state index is 2.49. The summed E-state index contributed by atoms with van der Waals surface area (Å²) in [5.74, 6) is 0. The molecule has 0 N–H and O–H groups in total. The Labute approximate surface area is 145 Å². The fraction of sp³-hybridized carbons (Fsp3) is 0.273. The van der Waals surface area contributed by atoms with Crippen molar-refractivity contribution >= 4 is 0 Å². The molecule has 0 saturated carbocycles. The van der Waals surface area contributed by atoms with Gasteiger partial charge in [-0.1, -0.05) is 61.5 Å². The molecule has 2 aromatic carbocycles. The van der Waals surface area contributed by atoms with Crippen LogP contribution < -0.4 is 0 Å². The molecule has 124 valence electrons. The Bertz CT molecular complexity index is 758. The number of hydrogen-bond donors (Lipinski definition) is 0. The van der Waals surface area contributed by atoms with Crippen molar-refractivity contribution in [3.63, 3.8) is 0 Å². The number of benzene rings is 2. The minimum atomic E-state index is 0.942. The van der Waals surface area contributed by atoms with Crippen molar-refractivity contribution in [1.29, 1.82) is 0 Å². The topological polar surface area (TPSA) is 8.17 Å². The number of aromatic nitrogens is 1. The van der Waals surface area contributed by atoms with Gasteiger partial charge in [-0.25, -0.2) is 0 Å². The van der Waals surface area contributed by atoms with E-state index in [1.54, 1.807) is 0 Å². The standard InChI is InChI=1S/C22H26N2/c1-3-23(16-20-11-5-4-6-12-20)18-22-14-9-15-24(22)17-21-13-8-7-10-19(21)2/h4-15H,3,16-18H2,1-2H3. The SMILES string of the molecule is CCN(Cc1ccccc1)Cc1cccn1Cc1ccccc1C. The van der Waals surface area contributed by atoms with Crippen LogP contribution in [0.1, 0.15) is 29.3 Å². The molecule has 24 heavy (non-hydrogen) atoms. The van der Waals surface area contributed by atoms with Gasteiger partial charge in [0.2, 0.25) is 0 Å². The second kappa shape index (κ2) is 7.98. The van der Waals surface area contributed by atoms with Crippen LogP contribution >= 0.6 is 0 Å². The van der Waals surface area contributed by atoms with Crippen LogP contribution in [0.2, 0.25) is 0 Å². The molecule has 3 rings (SSSR count). The molecular formula is C22H26N2. The normalized spacial score (nSPS) is 11.1. The minimum absolute atomic E-state index is 0.942. The lowest BCUT2D eigenvalue weighted by atomic mass is 10.1. The molecule has 0 aliphatic heterocycles. The highest BCUT2D eigenvalue weighted by atomic mass is 15.1. The number of nitrogens with zero attached hydrogens (tertiary/aromatic N) is 2. The second-order valence-electron chi connectivity index (χ2n) is 6.34. The van der Waals surface area contributed by atoms with Gasteiger partial charge in [0.05, 0.1) is 0 Å². The van der Waals surface area contributed by atoms with E-state index in [0.29, 0.717) is 0 Å². The van der Waals surface area contributed by atoms with Crippen LogP contribution in [0.4, 0.5) is 0 Å². The van der Waals surface area contributed by atoms with Crippen LogP contribution in [0.15, 0.2) is 72.9 Å². The molecule has 1 aromatic heterocycles. The van der Waals surface area contributed by atoms with Gasteiger partial charge in [0.1, 0.15) is 0 Å². The summed E-state index contributed by atoms with van der Waals surface area (Å²) in [5, 5.41) is 0. The average molecular weight is 318 g/mol. The molecule has 0 spiro atoms. The van der Waals surface area contributed by atoms with E-state index < -0.39 is 0 Å². The highest BCUT2D eigenvalue weighted by molar-refractivity contribution is 5.26. The maximum absolute atomic E-state index is 2.49. The van der Waals surface area contributed by atoms with Crippen LogP contribution in [0.5, 0.6) is 0 Å². The van der Waals surface area contributed by atoms with Crippen molar-refractivity contribution in [2.45, 2.75) is 33.5 Å². The van der Waals surface area contributed by atoms with Gasteiger partial charge in [-0.2, -0.15) is 0 Å². The zero-order valence-corrected chi connectivity index (χ0v) is 14.7. The summed E-state index contributed by atoms with van der Waals surface area (Å²) in [4.78, 5) is 2.49. The fourth-order valence-corrected chi connectivity index (χ4v) is 3.07. The molecule has 0 amide bonds. The molecule has 0 atom stereocenters. The first-order chi connectivity index (χ1) is 11.8. The van der Waals surface area contributed by atoms with E-state index in [4.69, 9.17) is 0 Å². The van der Waals surface area contributed by atoms with Crippen molar-refractivity contribution in [3.8, 4) is 0 Å². The zero-order valence-electron chi connectivity index (χ0n) is 14.7. The predicted molar refractivity (Wildman–Crippen MR) is 101 cm³/mol. The molecule has 0 radical (unpaired) electrons. The molecule has 0 saturated heterocycles. The van der Waals surface area contributed by atoms with Crippen molar-refractivity contribution in [2.75, 3.05) is 6.54 Å². The Kier molecular flexibility index (Phi) is 5.50. The van der Waals surface area contributed by atoms with Crippen LogP contribution in [0, 0.1) is 6.92 Å². The van der Waals surface area contributed by atoms with Crippen molar-refractivity contribution < 1.29 is 0 Å². The average Bonchev–Trinajstić information content (AvgIpc) is 3.04. The lowest BCUT2D eigenvalue weighted by Crippen LogP contribution is -2.24. The van der Waals surface area contributed by atoms with Gasteiger partial charge in [0.25, 0.3) is 0 Å². The van der Waals surface area contributed by atoms with Gasteiger partial charge in [0, 0.05) is 31.5 Å². The number of rotatable bonds is 7. The van der Waals surface area contributed by atoms with Gasteiger partial charge in [-0.3, -0.25) is 4.90 Å². The Morgan fingerprint density at radius 3 is 2.33 bits per heavy atom. The molecule has 0 aliphatic carbocycles. The molecule has 3 aromatic rings. The van der Waals surface area contributed by atoms with E-state index in [9.17, 15) is 0 Å². The third-order valence-corrected chi connectivity index (χ3v) is 4.61. The van der Waals surface area contributed by atoms with E-state index in [2.05, 4.69) is 96.2 Å². The maximum Gasteiger partial charge on any atom is 0.0476 e. The predicted octanol–water partition coefficient (Wildman–Crippen LogP) is 4.87.